The number of methoxy groups -OCH3 is 1. The zero-order valence-electron chi connectivity index (χ0n) is 18.1. The smallest absolute Gasteiger partial charge is 0.227 e. The van der Waals surface area contributed by atoms with Crippen molar-refractivity contribution in [2.45, 2.75) is 19.9 Å². The summed E-state index contributed by atoms with van der Waals surface area (Å²) in [7, 11) is 1.68. The molecule has 0 saturated heterocycles. The van der Waals surface area contributed by atoms with Gasteiger partial charge in [0.15, 0.2) is 5.78 Å². The van der Waals surface area contributed by atoms with Crippen molar-refractivity contribution in [2.24, 2.45) is 0 Å². The van der Waals surface area contributed by atoms with E-state index in [-0.39, 0.29) is 5.78 Å². The van der Waals surface area contributed by atoms with Crippen molar-refractivity contribution >= 4 is 28.3 Å². The summed E-state index contributed by atoms with van der Waals surface area (Å²) in [6.45, 7) is 3.40. The average molecular weight is 425 g/mol. The van der Waals surface area contributed by atoms with E-state index >= 15 is 0 Å². The number of fused-ring (bicyclic) bond motifs is 2. The van der Waals surface area contributed by atoms with Crippen LogP contribution in [0.1, 0.15) is 28.4 Å². The van der Waals surface area contributed by atoms with Crippen LogP contribution < -0.4 is 15.4 Å². The Morgan fingerprint density at radius 3 is 2.78 bits per heavy atom. The number of hydrogen-bond donors (Lipinski definition) is 2. The van der Waals surface area contributed by atoms with E-state index in [0.717, 1.165) is 53.0 Å². The van der Waals surface area contributed by atoms with Gasteiger partial charge in [-0.25, -0.2) is 9.97 Å². The number of Topliss-reactive ketones (excluding diaryl/α,β-unsaturated/α-hetero) is 1. The van der Waals surface area contributed by atoms with E-state index in [4.69, 9.17) is 9.72 Å². The Kier molecular flexibility index (Phi) is 5.29. The van der Waals surface area contributed by atoms with Gasteiger partial charge in [-0.15, -0.1) is 0 Å². The van der Waals surface area contributed by atoms with Gasteiger partial charge in [-0.3, -0.25) is 4.79 Å². The lowest BCUT2D eigenvalue weighted by Crippen LogP contribution is -2.23. The summed E-state index contributed by atoms with van der Waals surface area (Å²) >= 11 is 0. The van der Waals surface area contributed by atoms with E-state index < -0.39 is 0 Å². The lowest BCUT2D eigenvalue weighted by Gasteiger charge is -2.20. The molecule has 6 nitrogen and oxygen atoms in total. The van der Waals surface area contributed by atoms with Crippen LogP contribution >= 0.6 is 0 Å². The zero-order valence-corrected chi connectivity index (χ0v) is 18.1. The number of rotatable bonds is 5. The largest absolute Gasteiger partial charge is 0.495 e. The SMILES string of the molecule is COc1cc2c(cc1Nc1ncc3ccc(-c4cccc(C(C)=O)c4)cc3n1)CNCC2. The molecule has 4 aromatic rings. The standard InChI is InChI=1S/C26H24N4O2/c1-16(31)17-4-3-5-18(10-17)19-6-7-21-15-28-26(29-23(21)11-19)30-24-12-22-14-27-9-8-20(22)13-25(24)32-2/h3-7,10-13,15,27H,8-9,14H2,1-2H3,(H,28,29,30). The van der Waals surface area contributed by atoms with Crippen LogP contribution in [0.5, 0.6) is 5.75 Å². The molecule has 1 aromatic heterocycles. The minimum atomic E-state index is 0.0515. The molecule has 1 aliphatic heterocycles. The van der Waals surface area contributed by atoms with Gasteiger partial charge in [-0.2, -0.15) is 0 Å². The van der Waals surface area contributed by atoms with E-state index in [0.29, 0.717) is 11.5 Å². The highest BCUT2D eigenvalue weighted by atomic mass is 16.5. The van der Waals surface area contributed by atoms with Gasteiger partial charge < -0.3 is 15.4 Å². The van der Waals surface area contributed by atoms with Crippen molar-refractivity contribution in [1.29, 1.82) is 0 Å². The second kappa shape index (κ2) is 8.40. The van der Waals surface area contributed by atoms with E-state index in [1.807, 2.05) is 48.7 Å². The second-order valence-electron chi connectivity index (χ2n) is 7.98. The molecule has 0 bridgehead atoms. The first-order valence-corrected chi connectivity index (χ1v) is 10.7. The summed E-state index contributed by atoms with van der Waals surface area (Å²) < 4.78 is 5.61. The molecule has 0 atom stereocenters. The number of ether oxygens (including phenoxy) is 1. The minimum Gasteiger partial charge on any atom is -0.495 e. The maximum absolute atomic E-state index is 11.8. The fourth-order valence-electron chi connectivity index (χ4n) is 4.08. The summed E-state index contributed by atoms with van der Waals surface area (Å²) in [4.78, 5) is 21.0. The van der Waals surface area contributed by atoms with Crippen LogP contribution in [0.25, 0.3) is 22.0 Å². The molecule has 32 heavy (non-hydrogen) atoms. The Labute approximate surface area is 186 Å². The monoisotopic (exact) mass is 424 g/mol. The Balaban J connectivity index is 1.50. The molecule has 1 aliphatic rings. The molecule has 0 radical (unpaired) electrons. The van der Waals surface area contributed by atoms with Gasteiger partial charge in [0.2, 0.25) is 5.95 Å². The summed E-state index contributed by atoms with van der Waals surface area (Å²) in [6.07, 6.45) is 2.80. The molecule has 0 amide bonds. The van der Waals surface area contributed by atoms with Crippen molar-refractivity contribution in [3.63, 3.8) is 0 Å². The molecule has 3 aromatic carbocycles. The van der Waals surface area contributed by atoms with E-state index in [1.165, 1.54) is 11.1 Å². The summed E-state index contributed by atoms with van der Waals surface area (Å²) in [5, 5.41) is 7.68. The van der Waals surface area contributed by atoms with Crippen molar-refractivity contribution in [1.82, 2.24) is 15.3 Å². The molecule has 0 unspecified atom stereocenters. The van der Waals surface area contributed by atoms with Gasteiger partial charge >= 0.3 is 0 Å². The van der Waals surface area contributed by atoms with Crippen LogP contribution in [0.2, 0.25) is 0 Å². The molecule has 0 saturated carbocycles. The van der Waals surface area contributed by atoms with Crippen LogP contribution in [0.15, 0.2) is 60.8 Å². The van der Waals surface area contributed by atoms with Gasteiger partial charge in [0.05, 0.1) is 18.3 Å². The molecule has 2 heterocycles. The first kappa shape index (κ1) is 20.2. The fraction of sp³-hybridized carbons (Fsp3) is 0.192. The first-order valence-electron chi connectivity index (χ1n) is 10.7. The van der Waals surface area contributed by atoms with E-state index in [1.54, 1.807) is 14.0 Å². The number of carbonyl (C=O) groups excluding carboxylic acids is 1. The van der Waals surface area contributed by atoms with Crippen LogP contribution in [0.4, 0.5) is 11.6 Å². The number of benzene rings is 3. The highest BCUT2D eigenvalue weighted by Gasteiger charge is 2.15. The molecule has 2 N–H and O–H groups in total. The van der Waals surface area contributed by atoms with Gasteiger partial charge in [-0.05, 0) is 66.4 Å². The van der Waals surface area contributed by atoms with Crippen LogP contribution in [0.3, 0.4) is 0 Å². The molecule has 0 fully saturated rings. The topological polar surface area (TPSA) is 76.1 Å². The maximum atomic E-state index is 11.8. The van der Waals surface area contributed by atoms with Crippen molar-refractivity contribution < 1.29 is 9.53 Å². The number of aromatic nitrogens is 2. The zero-order chi connectivity index (χ0) is 22.1. The molecule has 6 heteroatoms. The predicted octanol–water partition coefficient (Wildman–Crippen LogP) is 4.90. The number of anilines is 2. The Hall–Kier alpha value is -3.77. The van der Waals surface area contributed by atoms with Crippen LogP contribution in [0, 0.1) is 0 Å². The highest BCUT2D eigenvalue weighted by molar-refractivity contribution is 5.95. The molecule has 5 rings (SSSR count). The van der Waals surface area contributed by atoms with Gasteiger partial charge in [-0.1, -0.05) is 30.3 Å². The summed E-state index contributed by atoms with van der Waals surface area (Å²) in [6, 6.07) is 17.9. The highest BCUT2D eigenvalue weighted by Crippen LogP contribution is 2.32. The lowest BCUT2D eigenvalue weighted by atomic mass is 10.00. The Morgan fingerprint density at radius 2 is 1.94 bits per heavy atom. The number of carbonyl (C=O) groups is 1. The van der Waals surface area contributed by atoms with Crippen molar-refractivity contribution in [3.8, 4) is 16.9 Å². The quantitative estimate of drug-likeness (QED) is 0.444. The van der Waals surface area contributed by atoms with Crippen LogP contribution in [-0.4, -0.2) is 29.4 Å². The fourth-order valence-corrected chi connectivity index (χ4v) is 4.08. The van der Waals surface area contributed by atoms with Gasteiger partial charge in [0.1, 0.15) is 5.75 Å². The minimum absolute atomic E-state index is 0.0515. The molecule has 0 aliphatic carbocycles. The maximum Gasteiger partial charge on any atom is 0.227 e. The lowest BCUT2D eigenvalue weighted by molar-refractivity contribution is 0.101. The number of nitrogens with zero attached hydrogens (tertiary/aromatic N) is 2. The third-order valence-electron chi connectivity index (χ3n) is 5.84. The molecule has 160 valence electrons. The van der Waals surface area contributed by atoms with Gasteiger partial charge in [0, 0.05) is 23.7 Å². The average Bonchev–Trinajstić information content (AvgIpc) is 2.83. The van der Waals surface area contributed by atoms with E-state index in [9.17, 15) is 4.79 Å². The van der Waals surface area contributed by atoms with Crippen molar-refractivity contribution in [3.05, 3.63) is 77.5 Å². The second-order valence-corrected chi connectivity index (χ2v) is 7.98. The van der Waals surface area contributed by atoms with Gasteiger partial charge in [0.25, 0.3) is 0 Å². The molecule has 0 spiro atoms. The molecular weight excluding hydrogens is 400 g/mol. The summed E-state index contributed by atoms with van der Waals surface area (Å²) in [5.41, 5.74) is 6.92. The Bertz CT molecular complexity index is 1330. The normalized spacial score (nSPS) is 12.9. The third-order valence-corrected chi connectivity index (χ3v) is 5.84. The Morgan fingerprint density at radius 1 is 1.06 bits per heavy atom. The third kappa shape index (κ3) is 3.92. The predicted molar refractivity (Wildman–Crippen MR) is 127 cm³/mol. The van der Waals surface area contributed by atoms with E-state index in [2.05, 4.69) is 27.8 Å². The van der Waals surface area contributed by atoms with Crippen molar-refractivity contribution in [2.75, 3.05) is 19.0 Å². The van der Waals surface area contributed by atoms with Crippen LogP contribution in [-0.2, 0) is 13.0 Å². The number of ketones is 1. The number of hydrogen-bond acceptors (Lipinski definition) is 6. The molecular formula is C26H24N4O2. The first-order chi connectivity index (χ1) is 15.6. The number of nitrogens with one attached hydrogen (secondary N) is 2. The summed E-state index contributed by atoms with van der Waals surface area (Å²) in [5.74, 6) is 1.34.